The van der Waals surface area contributed by atoms with Gasteiger partial charge in [0.2, 0.25) is 0 Å². The van der Waals surface area contributed by atoms with Gasteiger partial charge in [0.25, 0.3) is 0 Å². The number of esters is 2. The number of fused-ring (bicyclic) bond motifs is 1. The third-order valence-corrected chi connectivity index (χ3v) is 5.41. The van der Waals surface area contributed by atoms with E-state index in [4.69, 9.17) is 32.7 Å². The topological polar surface area (TPSA) is 68.4 Å². The second kappa shape index (κ2) is 9.33. The number of nitrogens with one attached hydrogen (secondary N) is 1. The van der Waals surface area contributed by atoms with E-state index in [0.29, 0.717) is 15.6 Å². The van der Waals surface area contributed by atoms with Gasteiger partial charge in [0, 0.05) is 23.0 Å². The highest BCUT2D eigenvalue weighted by atomic mass is 35.5. The van der Waals surface area contributed by atoms with Crippen LogP contribution in [-0.2, 0) is 19.1 Å². The van der Waals surface area contributed by atoms with Crippen LogP contribution in [0.1, 0.15) is 30.9 Å². The van der Waals surface area contributed by atoms with E-state index in [-0.39, 0.29) is 13.2 Å². The molecule has 0 saturated carbocycles. The largest absolute Gasteiger partial charge is 0.465 e. The number of carbonyl (C=O) groups excluding carboxylic acids is 2. The van der Waals surface area contributed by atoms with Crippen molar-refractivity contribution >= 4 is 46.0 Å². The molecule has 29 heavy (non-hydrogen) atoms. The molecule has 0 bridgehead atoms. The number of para-hydroxylation sites is 1. The van der Waals surface area contributed by atoms with Crippen LogP contribution in [0.5, 0.6) is 0 Å². The number of ether oxygens (including phenoxy) is 2. The van der Waals surface area contributed by atoms with Gasteiger partial charge in [0.1, 0.15) is 0 Å². The Kier molecular flexibility index (Phi) is 6.83. The molecule has 1 heterocycles. The summed E-state index contributed by atoms with van der Waals surface area (Å²) in [6.45, 7) is 3.69. The minimum Gasteiger partial charge on any atom is -0.465 e. The molecule has 0 spiro atoms. The van der Waals surface area contributed by atoms with Crippen LogP contribution >= 0.6 is 23.2 Å². The third-order valence-electron chi connectivity index (χ3n) is 4.67. The van der Waals surface area contributed by atoms with Crippen molar-refractivity contribution in [2.75, 3.05) is 13.2 Å². The van der Waals surface area contributed by atoms with Gasteiger partial charge in [-0.1, -0.05) is 47.5 Å². The van der Waals surface area contributed by atoms with E-state index in [9.17, 15) is 9.59 Å². The standard InChI is InChI=1S/C22H21Cl2NO4/c1-3-28-21(26)20(22(27)29-4-2)19(13-9-10-16(23)17(24)11-13)15-12-25-18-8-6-5-7-14(15)18/h5-12,19-20,25H,3-4H2,1-2H3. The molecule has 2 aromatic carbocycles. The second-order valence-corrected chi connectivity index (χ2v) is 7.24. The maximum atomic E-state index is 12.9. The third kappa shape index (κ3) is 4.41. The van der Waals surface area contributed by atoms with Crippen molar-refractivity contribution in [3.05, 3.63) is 69.8 Å². The summed E-state index contributed by atoms with van der Waals surface area (Å²) < 4.78 is 10.5. The number of rotatable bonds is 7. The average Bonchev–Trinajstić information content (AvgIpc) is 3.12. The fourth-order valence-corrected chi connectivity index (χ4v) is 3.75. The fraction of sp³-hybridized carbons (Fsp3) is 0.273. The molecule has 1 N–H and O–H groups in total. The van der Waals surface area contributed by atoms with Gasteiger partial charge in [-0.15, -0.1) is 0 Å². The Morgan fingerprint density at radius 1 is 0.966 bits per heavy atom. The minimum absolute atomic E-state index is 0.150. The normalized spacial score (nSPS) is 12.2. The quantitative estimate of drug-likeness (QED) is 0.402. The second-order valence-electron chi connectivity index (χ2n) is 6.42. The predicted octanol–water partition coefficient (Wildman–Crippen LogP) is 5.35. The highest BCUT2D eigenvalue weighted by molar-refractivity contribution is 6.42. The molecule has 1 unspecified atom stereocenters. The van der Waals surface area contributed by atoms with Crippen molar-refractivity contribution < 1.29 is 19.1 Å². The molecule has 0 radical (unpaired) electrons. The van der Waals surface area contributed by atoms with E-state index in [2.05, 4.69) is 4.98 Å². The van der Waals surface area contributed by atoms with Crippen LogP contribution in [0.15, 0.2) is 48.7 Å². The number of aromatic nitrogens is 1. The zero-order valence-corrected chi connectivity index (χ0v) is 17.6. The first-order valence-corrected chi connectivity index (χ1v) is 10.1. The summed E-state index contributed by atoms with van der Waals surface area (Å²) in [5, 5.41) is 1.61. The molecule has 0 aliphatic rings. The molecular weight excluding hydrogens is 413 g/mol. The number of benzene rings is 2. The van der Waals surface area contributed by atoms with Crippen LogP contribution in [0.4, 0.5) is 0 Å². The van der Waals surface area contributed by atoms with Crippen molar-refractivity contribution in [1.82, 2.24) is 4.98 Å². The Hall–Kier alpha value is -2.50. The van der Waals surface area contributed by atoms with Crippen molar-refractivity contribution in [3.8, 4) is 0 Å². The van der Waals surface area contributed by atoms with Gasteiger partial charge in [-0.3, -0.25) is 9.59 Å². The van der Waals surface area contributed by atoms with Crippen LogP contribution < -0.4 is 0 Å². The summed E-state index contributed by atoms with van der Waals surface area (Å²) in [5.74, 6) is -3.15. The van der Waals surface area contributed by atoms with Crippen LogP contribution in [0.25, 0.3) is 10.9 Å². The van der Waals surface area contributed by atoms with E-state index in [0.717, 1.165) is 16.5 Å². The van der Waals surface area contributed by atoms with Crippen LogP contribution in [0.2, 0.25) is 10.0 Å². The zero-order chi connectivity index (χ0) is 21.0. The lowest BCUT2D eigenvalue weighted by molar-refractivity contribution is -0.162. The maximum Gasteiger partial charge on any atom is 0.321 e. The first kappa shape index (κ1) is 21.2. The fourth-order valence-electron chi connectivity index (χ4n) is 3.44. The SMILES string of the molecule is CCOC(=O)C(C(=O)OCC)C(c1ccc(Cl)c(Cl)c1)c1c[nH]c2ccccc12. The lowest BCUT2D eigenvalue weighted by Gasteiger charge is -2.25. The molecule has 0 saturated heterocycles. The highest BCUT2D eigenvalue weighted by Crippen LogP contribution is 2.39. The van der Waals surface area contributed by atoms with E-state index in [1.54, 1.807) is 38.2 Å². The minimum atomic E-state index is -1.19. The van der Waals surface area contributed by atoms with E-state index < -0.39 is 23.8 Å². The van der Waals surface area contributed by atoms with Crippen molar-refractivity contribution in [2.45, 2.75) is 19.8 Å². The predicted molar refractivity (Wildman–Crippen MR) is 113 cm³/mol. The lowest BCUT2D eigenvalue weighted by Crippen LogP contribution is -2.34. The molecule has 0 aliphatic carbocycles. The molecule has 0 fully saturated rings. The van der Waals surface area contributed by atoms with Gasteiger partial charge in [-0.05, 0) is 43.2 Å². The van der Waals surface area contributed by atoms with Gasteiger partial charge in [0.05, 0.1) is 23.3 Å². The first-order valence-electron chi connectivity index (χ1n) is 9.32. The Morgan fingerprint density at radius 3 is 2.24 bits per heavy atom. The van der Waals surface area contributed by atoms with Crippen LogP contribution in [-0.4, -0.2) is 30.1 Å². The number of aromatic amines is 1. The summed E-state index contributed by atoms with van der Waals surface area (Å²) in [5.41, 5.74) is 2.32. The molecule has 0 amide bonds. The molecule has 5 nitrogen and oxygen atoms in total. The van der Waals surface area contributed by atoms with Crippen molar-refractivity contribution in [1.29, 1.82) is 0 Å². The smallest absolute Gasteiger partial charge is 0.321 e. The van der Waals surface area contributed by atoms with Crippen molar-refractivity contribution in [3.63, 3.8) is 0 Å². The number of carbonyl (C=O) groups is 2. The summed E-state index contributed by atoms with van der Waals surface area (Å²) in [4.78, 5) is 28.9. The summed E-state index contributed by atoms with van der Waals surface area (Å²) in [6, 6.07) is 12.7. The lowest BCUT2D eigenvalue weighted by atomic mass is 9.80. The van der Waals surface area contributed by atoms with Gasteiger partial charge in [-0.25, -0.2) is 0 Å². The molecule has 1 atom stereocenters. The number of H-pyrrole nitrogens is 1. The van der Waals surface area contributed by atoms with Gasteiger partial charge >= 0.3 is 11.9 Å². The molecule has 7 heteroatoms. The highest BCUT2D eigenvalue weighted by Gasteiger charge is 2.40. The Labute approximate surface area is 178 Å². The molecule has 1 aromatic heterocycles. The zero-order valence-electron chi connectivity index (χ0n) is 16.1. The summed E-state index contributed by atoms with van der Waals surface area (Å²) in [6.07, 6.45) is 1.79. The first-order chi connectivity index (χ1) is 14.0. The molecule has 3 rings (SSSR count). The van der Waals surface area contributed by atoms with E-state index >= 15 is 0 Å². The maximum absolute atomic E-state index is 12.9. The van der Waals surface area contributed by atoms with Crippen LogP contribution in [0.3, 0.4) is 0 Å². The van der Waals surface area contributed by atoms with Gasteiger partial charge in [0.15, 0.2) is 5.92 Å². The number of hydrogen-bond donors (Lipinski definition) is 1. The molecule has 152 valence electrons. The monoisotopic (exact) mass is 433 g/mol. The average molecular weight is 434 g/mol. The summed E-state index contributed by atoms with van der Waals surface area (Å²) in [7, 11) is 0. The Bertz CT molecular complexity index is 1010. The molecule has 0 aliphatic heterocycles. The van der Waals surface area contributed by atoms with E-state index in [1.165, 1.54) is 0 Å². The number of hydrogen-bond acceptors (Lipinski definition) is 4. The van der Waals surface area contributed by atoms with Crippen LogP contribution in [0, 0.1) is 5.92 Å². The Morgan fingerprint density at radius 2 is 1.62 bits per heavy atom. The van der Waals surface area contributed by atoms with Crippen molar-refractivity contribution in [2.24, 2.45) is 5.92 Å². The van der Waals surface area contributed by atoms with E-state index in [1.807, 2.05) is 24.3 Å². The van der Waals surface area contributed by atoms with Gasteiger partial charge in [-0.2, -0.15) is 0 Å². The molecule has 3 aromatic rings. The summed E-state index contributed by atoms with van der Waals surface area (Å²) >= 11 is 12.3. The molecular formula is C22H21Cl2NO4. The Balaban J connectivity index is 2.23. The van der Waals surface area contributed by atoms with Gasteiger partial charge < -0.3 is 14.5 Å². The number of halogens is 2.